The summed E-state index contributed by atoms with van der Waals surface area (Å²) in [5, 5.41) is 3.42. The largest absolute Gasteiger partial charge is 0.489 e. The fourth-order valence-corrected chi connectivity index (χ4v) is 2.34. The van der Waals surface area contributed by atoms with Crippen LogP contribution in [0.2, 0.25) is 0 Å². The van der Waals surface area contributed by atoms with E-state index in [0.717, 1.165) is 25.3 Å². The summed E-state index contributed by atoms with van der Waals surface area (Å²) >= 11 is 0. The Morgan fingerprint density at radius 3 is 3.07 bits per heavy atom. The highest BCUT2D eigenvalue weighted by atomic mass is 35.5. The highest BCUT2D eigenvalue weighted by Crippen LogP contribution is 2.39. The van der Waals surface area contributed by atoms with Gasteiger partial charge in [0.1, 0.15) is 11.9 Å². The maximum Gasteiger partial charge on any atom is 0.123 e. The minimum Gasteiger partial charge on any atom is -0.489 e. The standard InChI is InChI=1S/C11H13NO.ClH/c1-2-4-10-8(3-1)9-7-12-6-5-11(9)13-10;/h1-4,9,11-12H,5-7H2;1H. The number of fused-ring (bicyclic) bond motifs is 3. The van der Waals surface area contributed by atoms with E-state index in [2.05, 4.69) is 23.5 Å². The Balaban J connectivity index is 0.000000750. The molecule has 2 aliphatic heterocycles. The number of hydrogen-bond acceptors (Lipinski definition) is 2. The van der Waals surface area contributed by atoms with Gasteiger partial charge < -0.3 is 10.1 Å². The number of halogens is 1. The zero-order valence-corrected chi connectivity index (χ0v) is 8.72. The predicted octanol–water partition coefficient (Wildman–Crippen LogP) is 1.95. The van der Waals surface area contributed by atoms with Gasteiger partial charge in [-0.15, -0.1) is 12.4 Å². The third-order valence-corrected chi connectivity index (χ3v) is 3.02. The van der Waals surface area contributed by atoms with Crippen LogP contribution in [0.5, 0.6) is 5.75 Å². The Hall–Kier alpha value is -0.730. The van der Waals surface area contributed by atoms with Crippen molar-refractivity contribution in [2.24, 2.45) is 0 Å². The summed E-state index contributed by atoms with van der Waals surface area (Å²) in [6.45, 7) is 2.16. The SMILES string of the molecule is Cl.c1ccc2c(c1)OC1CCNCC21. The van der Waals surface area contributed by atoms with E-state index in [0.29, 0.717) is 12.0 Å². The van der Waals surface area contributed by atoms with Gasteiger partial charge in [-0.25, -0.2) is 0 Å². The van der Waals surface area contributed by atoms with E-state index in [9.17, 15) is 0 Å². The molecule has 3 rings (SSSR count). The Labute approximate surface area is 90.1 Å². The molecule has 0 aliphatic carbocycles. The number of hydrogen-bond donors (Lipinski definition) is 1. The van der Waals surface area contributed by atoms with Gasteiger partial charge in [-0.3, -0.25) is 0 Å². The van der Waals surface area contributed by atoms with Gasteiger partial charge in [0, 0.05) is 18.0 Å². The molecule has 0 radical (unpaired) electrons. The fourth-order valence-electron chi connectivity index (χ4n) is 2.34. The van der Waals surface area contributed by atoms with Gasteiger partial charge in [-0.05, 0) is 19.0 Å². The number of rotatable bonds is 0. The average molecular weight is 212 g/mol. The normalized spacial score (nSPS) is 28.3. The van der Waals surface area contributed by atoms with E-state index in [1.54, 1.807) is 0 Å². The maximum absolute atomic E-state index is 5.87. The van der Waals surface area contributed by atoms with Gasteiger partial charge in [-0.2, -0.15) is 0 Å². The van der Waals surface area contributed by atoms with Crippen LogP contribution in [-0.4, -0.2) is 19.2 Å². The molecule has 1 aromatic carbocycles. The lowest BCUT2D eigenvalue weighted by Gasteiger charge is -2.24. The summed E-state index contributed by atoms with van der Waals surface area (Å²) in [4.78, 5) is 0. The van der Waals surface area contributed by atoms with Crippen molar-refractivity contribution < 1.29 is 4.74 Å². The average Bonchev–Trinajstić information content (AvgIpc) is 2.56. The van der Waals surface area contributed by atoms with E-state index in [1.807, 2.05) is 6.07 Å². The van der Waals surface area contributed by atoms with Gasteiger partial charge >= 0.3 is 0 Å². The molecule has 0 bridgehead atoms. The predicted molar refractivity (Wildman–Crippen MR) is 58.3 cm³/mol. The molecule has 1 fully saturated rings. The topological polar surface area (TPSA) is 21.3 Å². The summed E-state index contributed by atoms with van der Waals surface area (Å²) < 4.78 is 5.87. The molecule has 2 atom stereocenters. The molecule has 2 heterocycles. The molecule has 2 unspecified atom stereocenters. The maximum atomic E-state index is 5.87. The van der Waals surface area contributed by atoms with Crippen molar-refractivity contribution in [3.05, 3.63) is 29.8 Å². The molecule has 14 heavy (non-hydrogen) atoms. The first-order valence-corrected chi connectivity index (χ1v) is 4.91. The highest BCUT2D eigenvalue weighted by Gasteiger charge is 2.35. The van der Waals surface area contributed by atoms with Crippen LogP contribution in [-0.2, 0) is 0 Å². The molecule has 1 saturated heterocycles. The van der Waals surface area contributed by atoms with Gasteiger partial charge in [-0.1, -0.05) is 18.2 Å². The van der Waals surface area contributed by atoms with Crippen LogP contribution >= 0.6 is 12.4 Å². The first-order chi connectivity index (χ1) is 6.45. The Bertz CT molecular complexity index is 329. The monoisotopic (exact) mass is 211 g/mol. The Morgan fingerprint density at radius 1 is 1.29 bits per heavy atom. The molecule has 0 spiro atoms. The van der Waals surface area contributed by atoms with E-state index < -0.39 is 0 Å². The molecule has 3 heteroatoms. The summed E-state index contributed by atoms with van der Waals surface area (Å²) in [5.74, 6) is 1.69. The Morgan fingerprint density at radius 2 is 2.14 bits per heavy atom. The van der Waals surface area contributed by atoms with Crippen LogP contribution in [0.25, 0.3) is 0 Å². The second-order valence-electron chi connectivity index (χ2n) is 3.79. The summed E-state index contributed by atoms with van der Waals surface area (Å²) in [6.07, 6.45) is 1.57. The van der Waals surface area contributed by atoms with Crippen LogP contribution in [0, 0.1) is 0 Å². The van der Waals surface area contributed by atoms with Gasteiger partial charge in [0.15, 0.2) is 0 Å². The number of nitrogens with one attached hydrogen (secondary N) is 1. The highest BCUT2D eigenvalue weighted by molar-refractivity contribution is 5.85. The molecular weight excluding hydrogens is 198 g/mol. The zero-order valence-electron chi connectivity index (χ0n) is 7.90. The van der Waals surface area contributed by atoms with Crippen molar-refractivity contribution in [3.8, 4) is 5.75 Å². The van der Waals surface area contributed by atoms with Crippen molar-refractivity contribution in [2.75, 3.05) is 13.1 Å². The molecule has 2 aliphatic rings. The fraction of sp³-hybridized carbons (Fsp3) is 0.455. The minimum atomic E-state index is 0. The third kappa shape index (κ3) is 1.39. The molecule has 1 aromatic rings. The van der Waals surface area contributed by atoms with Crippen LogP contribution in [0.3, 0.4) is 0 Å². The van der Waals surface area contributed by atoms with E-state index >= 15 is 0 Å². The van der Waals surface area contributed by atoms with Crippen molar-refractivity contribution >= 4 is 12.4 Å². The van der Waals surface area contributed by atoms with E-state index in [4.69, 9.17) is 4.74 Å². The molecular formula is C11H14ClNO. The van der Waals surface area contributed by atoms with Crippen LogP contribution in [0.1, 0.15) is 17.9 Å². The van der Waals surface area contributed by atoms with E-state index in [-0.39, 0.29) is 12.4 Å². The van der Waals surface area contributed by atoms with E-state index in [1.165, 1.54) is 5.56 Å². The van der Waals surface area contributed by atoms with Crippen LogP contribution in [0.15, 0.2) is 24.3 Å². The first-order valence-electron chi connectivity index (χ1n) is 4.91. The number of para-hydroxylation sites is 1. The number of piperidine rings is 1. The first kappa shape index (κ1) is 9.81. The molecule has 2 nitrogen and oxygen atoms in total. The van der Waals surface area contributed by atoms with Crippen molar-refractivity contribution in [1.82, 2.24) is 5.32 Å². The lowest BCUT2D eigenvalue weighted by atomic mass is 9.91. The quantitative estimate of drug-likeness (QED) is 0.708. The second kappa shape index (κ2) is 3.79. The molecule has 1 N–H and O–H groups in total. The lowest BCUT2D eigenvalue weighted by Crippen LogP contribution is -2.37. The van der Waals surface area contributed by atoms with Crippen molar-refractivity contribution in [2.45, 2.75) is 18.4 Å². The summed E-state index contributed by atoms with van der Waals surface area (Å²) in [5.41, 5.74) is 1.39. The summed E-state index contributed by atoms with van der Waals surface area (Å²) in [6, 6.07) is 8.41. The summed E-state index contributed by atoms with van der Waals surface area (Å²) in [7, 11) is 0. The zero-order chi connectivity index (χ0) is 8.67. The third-order valence-electron chi connectivity index (χ3n) is 3.02. The van der Waals surface area contributed by atoms with Gasteiger partial charge in [0.25, 0.3) is 0 Å². The molecule has 0 saturated carbocycles. The smallest absolute Gasteiger partial charge is 0.123 e. The van der Waals surface area contributed by atoms with Crippen molar-refractivity contribution in [3.63, 3.8) is 0 Å². The van der Waals surface area contributed by atoms with Gasteiger partial charge in [0.05, 0.1) is 0 Å². The van der Waals surface area contributed by atoms with Gasteiger partial charge in [0.2, 0.25) is 0 Å². The lowest BCUT2D eigenvalue weighted by molar-refractivity contribution is 0.172. The van der Waals surface area contributed by atoms with Crippen LogP contribution < -0.4 is 10.1 Å². The molecule has 0 amide bonds. The van der Waals surface area contributed by atoms with Crippen molar-refractivity contribution in [1.29, 1.82) is 0 Å². The molecule has 76 valence electrons. The molecule has 0 aromatic heterocycles. The number of benzene rings is 1. The minimum absolute atomic E-state index is 0. The number of ether oxygens (including phenoxy) is 1. The van der Waals surface area contributed by atoms with Crippen LogP contribution in [0.4, 0.5) is 0 Å². The Kier molecular flexibility index (Phi) is 2.66. The second-order valence-corrected chi connectivity index (χ2v) is 3.79.